The summed E-state index contributed by atoms with van der Waals surface area (Å²) in [6.07, 6.45) is 0.504. The zero-order valence-corrected chi connectivity index (χ0v) is 14.5. The molecular weight excluding hydrogens is 324 g/mol. The van der Waals surface area contributed by atoms with Gasteiger partial charge in [0.1, 0.15) is 0 Å². The number of benzene rings is 1. The summed E-state index contributed by atoms with van der Waals surface area (Å²) in [5.74, 6) is 0.0392. The van der Waals surface area contributed by atoms with Gasteiger partial charge in [0.05, 0.1) is 10.6 Å². The minimum Gasteiger partial charge on any atom is -0.212 e. The molecule has 0 saturated carbocycles. The Kier molecular flexibility index (Phi) is 5.26. The standard InChI is InChI=1S/C14H22N2O4S2/c1-3-21(17,18)15-9-6-10-16(12-11-15)22(19,20)14-8-5-4-7-13(14)2/h4-5,7-8H,3,6,9-12H2,1-2H3. The van der Waals surface area contributed by atoms with E-state index in [2.05, 4.69) is 0 Å². The van der Waals surface area contributed by atoms with Crippen molar-refractivity contribution in [2.24, 2.45) is 0 Å². The van der Waals surface area contributed by atoms with Crippen LogP contribution in [0.1, 0.15) is 18.9 Å². The fourth-order valence-corrected chi connectivity index (χ4v) is 5.38. The molecule has 1 aromatic rings. The fraction of sp³-hybridized carbons (Fsp3) is 0.571. The predicted molar refractivity (Wildman–Crippen MR) is 85.6 cm³/mol. The number of aryl methyl sites for hydroxylation is 1. The summed E-state index contributed by atoms with van der Waals surface area (Å²) in [5.41, 5.74) is 0.699. The summed E-state index contributed by atoms with van der Waals surface area (Å²) in [4.78, 5) is 0.293. The molecule has 1 saturated heterocycles. The Morgan fingerprint density at radius 2 is 1.55 bits per heavy atom. The Labute approximate surface area is 132 Å². The first kappa shape index (κ1) is 17.4. The van der Waals surface area contributed by atoms with Crippen LogP contribution in [0.4, 0.5) is 0 Å². The second-order valence-electron chi connectivity index (χ2n) is 5.32. The molecule has 1 heterocycles. The Morgan fingerprint density at radius 3 is 2.18 bits per heavy atom. The summed E-state index contributed by atoms with van der Waals surface area (Å²) in [7, 11) is -6.85. The number of rotatable bonds is 4. The van der Waals surface area contributed by atoms with Crippen LogP contribution in [0.25, 0.3) is 0 Å². The molecule has 1 fully saturated rings. The van der Waals surface area contributed by atoms with Gasteiger partial charge in [-0.2, -0.15) is 4.31 Å². The van der Waals surface area contributed by atoms with Crippen LogP contribution >= 0.6 is 0 Å². The highest BCUT2D eigenvalue weighted by Crippen LogP contribution is 2.21. The van der Waals surface area contributed by atoms with Gasteiger partial charge in [0.15, 0.2) is 0 Å². The van der Waals surface area contributed by atoms with E-state index in [9.17, 15) is 16.8 Å². The van der Waals surface area contributed by atoms with Crippen molar-refractivity contribution in [1.82, 2.24) is 8.61 Å². The van der Waals surface area contributed by atoms with Gasteiger partial charge in [-0.25, -0.2) is 21.1 Å². The van der Waals surface area contributed by atoms with Crippen molar-refractivity contribution < 1.29 is 16.8 Å². The fourth-order valence-electron chi connectivity index (χ4n) is 2.56. The van der Waals surface area contributed by atoms with Crippen LogP contribution in [0.3, 0.4) is 0 Å². The van der Waals surface area contributed by atoms with Gasteiger partial charge in [-0.05, 0) is 31.9 Å². The average molecular weight is 346 g/mol. The lowest BCUT2D eigenvalue weighted by atomic mass is 10.2. The summed E-state index contributed by atoms with van der Waals surface area (Å²) in [6.45, 7) is 4.47. The maximum atomic E-state index is 12.7. The number of sulfonamides is 2. The molecule has 0 atom stereocenters. The summed E-state index contributed by atoms with van der Waals surface area (Å²) in [5, 5.41) is 0. The number of hydrogen-bond donors (Lipinski definition) is 0. The molecule has 0 N–H and O–H groups in total. The first-order chi connectivity index (χ1) is 10.3. The highest BCUT2D eigenvalue weighted by molar-refractivity contribution is 7.89. The molecule has 22 heavy (non-hydrogen) atoms. The molecule has 0 bridgehead atoms. The van der Waals surface area contributed by atoms with Gasteiger partial charge < -0.3 is 0 Å². The lowest BCUT2D eigenvalue weighted by Gasteiger charge is -2.22. The monoisotopic (exact) mass is 346 g/mol. The molecule has 124 valence electrons. The van der Waals surface area contributed by atoms with Crippen LogP contribution in [-0.4, -0.2) is 57.4 Å². The van der Waals surface area contributed by atoms with Crippen molar-refractivity contribution in [3.05, 3.63) is 29.8 Å². The van der Waals surface area contributed by atoms with Crippen molar-refractivity contribution in [2.45, 2.75) is 25.2 Å². The van der Waals surface area contributed by atoms with E-state index in [0.717, 1.165) is 0 Å². The summed E-state index contributed by atoms with van der Waals surface area (Å²) < 4.78 is 52.2. The summed E-state index contributed by atoms with van der Waals surface area (Å²) >= 11 is 0. The zero-order valence-electron chi connectivity index (χ0n) is 12.9. The van der Waals surface area contributed by atoms with Gasteiger partial charge in [0.2, 0.25) is 20.0 Å². The number of nitrogens with zero attached hydrogens (tertiary/aromatic N) is 2. The maximum absolute atomic E-state index is 12.7. The van der Waals surface area contributed by atoms with Crippen LogP contribution in [0, 0.1) is 6.92 Å². The second kappa shape index (κ2) is 6.66. The molecule has 0 unspecified atom stereocenters. The van der Waals surface area contributed by atoms with E-state index in [1.807, 2.05) is 0 Å². The predicted octanol–water partition coefficient (Wildman–Crippen LogP) is 1.04. The Balaban J connectivity index is 2.23. The van der Waals surface area contributed by atoms with Crippen LogP contribution in [0.2, 0.25) is 0 Å². The maximum Gasteiger partial charge on any atom is 0.243 e. The lowest BCUT2D eigenvalue weighted by molar-refractivity contribution is 0.405. The van der Waals surface area contributed by atoms with E-state index in [1.54, 1.807) is 38.1 Å². The third-order valence-corrected chi connectivity index (χ3v) is 7.82. The van der Waals surface area contributed by atoms with Gasteiger partial charge in [-0.15, -0.1) is 0 Å². The first-order valence-corrected chi connectivity index (χ1v) is 10.4. The van der Waals surface area contributed by atoms with E-state index in [0.29, 0.717) is 30.0 Å². The van der Waals surface area contributed by atoms with Crippen LogP contribution in [0.15, 0.2) is 29.2 Å². The molecule has 1 aliphatic heterocycles. The Hall–Kier alpha value is -0.960. The van der Waals surface area contributed by atoms with Gasteiger partial charge in [-0.3, -0.25) is 0 Å². The second-order valence-corrected chi connectivity index (χ2v) is 9.49. The molecule has 2 rings (SSSR count). The molecular formula is C14H22N2O4S2. The molecule has 1 aliphatic rings. The smallest absolute Gasteiger partial charge is 0.212 e. The number of hydrogen-bond acceptors (Lipinski definition) is 4. The molecule has 8 heteroatoms. The van der Waals surface area contributed by atoms with Crippen LogP contribution < -0.4 is 0 Å². The minimum absolute atomic E-state index is 0.0392. The minimum atomic E-state index is -3.58. The lowest BCUT2D eigenvalue weighted by Crippen LogP contribution is -2.38. The molecule has 0 aromatic heterocycles. The van der Waals surface area contributed by atoms with Crippen LogP contribution in [0.5, 0.6) is 0 Å². The van der Waals surface area contributed by atoms with Crippen molar-refractivity contribution in [1.29, 1.82) is 0 Å². The topological polar surface area (TPSA) is 74.8 Å². The van der Waals surface area contributed by atoms with Gasteiger partial charge in [0.25, 0.3) is 0 Å². The third kappa shape index (κ3) is 3.51. The van der Waals surface area contributed by atoms with Gasteiger partial charge in [-0.1, -0.05) is 18.2 Å². The SMILES string of the molecule is CCS(=O)(=O)N1CCCN(S(=O)(=O)c2ccccc2C)CC1. The van der Waals surface area contributed by atoms with Crippen molar-refractivity contribution in [2.75, 3.05) is 31.9 Å². The van der Waals surface area contributed by atoms with E-state index >= 15 is 0 Å². The quantitative estimate of drug-likeness (QED) is 0.816. The van der Waals surface area contributed by atoms with Crippen LogP contribution in [-0.2, 0) is 20.0 Å². The zero-order chi connectivity index (χ0) is 16.4. The Bertz CT molecular complexity index is 729. The van der Waals surface area contributed by atoms with E-state index < -0.39 is 20.0 Å². The third-order valence-electron chi connectivity index (χ3n) is 3.88. The molecule has 6 nitrogen and oxygen atoms in total. The van der Waals surface area contributed by atoms with Crippen molar-refractivity contribution in [3.63, 3.8) is 0 Å². The average Bonchev–Trinajstić information content (AvgIpc) is 2.74. The van der Waals surface area contributed by atoms with Gasteiger partial charge in [0, 0.05) is 26.2 Å². The largest absolute Gasteiger partial charge is 0.243 e. The molecule has 0 aliphatic carbocycles. The van der Waals surface area contributed by atoms with Gasteiger partial charge >= 0.3 is 0 Å². The molecule has 0 spiro atoms. The molecule has 0 radical (unpaired) electrons. The highest BCUT2D eigenvalue weighted by atomic mass is 32.2. The molecule has 1 aromatic carbocycles. The highest BCUT2D eigenvalue weighted by Gasteiger charge is 2.30. The van der Waals surface area contributed by atoms with Crippen molar-refractivity contribution >= 4 is 20.0 Å². The Morgan fingerprint density at radius 1 is 0.955 bits per heavy atom. The van der Waals surface area contributed by atoms with E-state index in [4.69, 9.17) is 0 Å². The summed E-state index contributed by atoms with van der Waals surface area (Å²) in [6, 6.07) is 6.85. The first-order valence-electron chi connectivity index (χ1n) is 7.32. The normalized spacial score (nSPS) is 19.0. The van der Waals surface area contributed by atoms with E-state index in [1.165, 1.54) is 8.61 Å². The van der Waals surface area contributed by atoms with Crippen molar-refractivity contribution in [3.8, 4) is 0 Å². The molecule has 0 amide bonds. The van der Waals surface area contributed by atoms with E-state index in [-0.39, 0.29) is 18.8 Å².